The summed E-state index contributed by atoms with van der Waals surface area (Å²) in [7, 11) is 1.80. The lowest BCUT2D eigenvalue weighted by molar-refractivity contribution is -0.127. The zero-order valence-electron chi connectivity index (χ0n) is 20.1. The highest BCUT2D eigenvalue weighted by atomic mass is 35.5. The number of anilines is 1. The summed E-state index contributed by atoms with van der Waals surface area (Å²) in [5.41, 5.74) is 14.8. The van der Waals surface area contributed by atoms with Gasteiger partial charge in [0.1, 0.15) is 0 Å². The number of hydrogen-bond acceptors (Lipinski definition) is 5. The molecule has 4 rings (SSSR count). The molecule has 0 bridgehead atoms. The fourth-order valence-corrected chi connectivity index (χ4v) is 5.73. The number of carbonyl (C=O) groups excluding carboxylic acids is 1. The van der Waals surface area contributed by atoms with Gasteiger partial charge < -0.3 is 21.1 Å². The molecule has 2 heterocycles. The predicted molar refractivity (Wildman–Crippen MR) is 143 cm³/mol. The maximum Gasteiger partial charge on any atom is 0.256 e. The van der Waals surface area contributed by atoms with Crippen molar-refractivity contribution in [2.75, 3.05) is 39.0 Å². The third-order valence-corrected chi connectivity index (χ3v) is 8.17. The molecular formula is C27H34Cl2N4O2. The minimum Gasteiger partial charge on any atom is -0.404 e. The first-order chi connectivity index (χ1) is 16.9. The number of ether oxygens (including phenoxy) is 1. The standard InChI is InChI=1S/C27H34Cl2N4O2/c1-35-26-17-33(11-8-19(26)14-18-6-7-23(28)24(29)15-18)20-9-12-32(13-10-20)27(34)22(16-30)21-4-2-3-5-25(21)31/h2-7,15-16,19-20,26H,8-14,17,30-31H2,1H3/b22-16+/t19?,26-/m1/s1. The van der Waals surface area contributed by atoms with E-state index in [-0.39, 0.29) is 12.0 Å². The topological polar surface area (TPSA) is 84.8 Å². The molecule has 1 unspecified atom stereocenters. The molecule has 2 aliphatic rings. The molecule has 2 atom stereocenters. The summed E-state index contributed by atoms with van der Waals surface area (Å²) in [4.78, 5) is 17.6. The lowest BCUT2D eigenvalue weighted by atomic mass is 9.86. The number of hydrogen-bond donors (Lipinski definition) is 2. The summed E-state index contributed by atoms with van der Waals surface area (Å²) in [6, 6.07) is 13.7. The van der Waals surface area contributed by atoms with Gasteiger partial charge in [0.25, 0.3) is 5.91 Å². The van der Waals surface area contributed by atoms with Crippen LogP contribution in [0.1, 0.15) is 30.4 Å². The van der Waals surface area contributed by atoms with Crippen molar-refractivity contribution in [2.45, 2.75) is 37.8 Å². The van der Waals surface area contributed by atoms with Crippen LogP contribution >= 0.6 is 23.2 Å². The van der Waals surface area contributed by atoms with E-state index in [0.29, 0.717) is 51.9 Å². The highest BCUT2D eigenvalue weighted by molar-refractivity contribution is 6.42. The first kappa shape index (κ1) is 25.8. The number of piperidine rings is 2. The van der Waals surface area contributed by atoms with Crippen LogP contribution < -0.4 is 11.5 Å². The zero-order valence-corrected chi connectivity index (χ0v) is 21.6. The Kier molecular flexibility index (Phi) is 8.60. The van der Waals surface area contributed by atoms with Gasteiger partial charge in [-0.25, -0.2) is 0 Å². The molecule has 0 aromatic heterocycles. The van der Waals surface area contributed by atoms with Crippen molar-refractivity contribution in [3.8, 4) is 0 Å². The molecule has 0 saturated carbocycles. The third kappa shape index (κ3) is 5.95. The third-order valence-electron chi connectivity index (χ3n) is 7.43. The van der Waals surface area contributed by atoms with Crippen LogP contribution in [0.2, 0.25) is 10.0 Å². The molecule has 35 heavy (non-hydrogen) atoms. The molecule has 0 radical (unpaired) electrons. The molecule has 6 nitrogen and oxygen atoms in total. The number of likely N-dealkylation sites (tertiary alicyclic amines) is 2. The van der Waals surface area contributed by atoms with Gasteiger partial charge >= 0.3 is 0 Å². The van der Waals surface area contributed by atoms with Crippen LogP contribution in [0.15, 0.2) is 48.7 Å². The lowest BCUT2D eigenvalue weighted by Gasteiger charge is -2.44. The summed E-state index contributed by atoms with van der Waals surface area (Å²) in [5, 5.41) is 1.18. The maximum atomic E-state index is 13.2. The summed E-state index contributed by atoms with van der Waals surface area (Å²) < 4.78 is 5.92. The average molecular weight is 518 g/mol. The maximum absolute atomic E-state index is 13.2. The number of para-hydroxylation sites is 1. The van der Waals surface area contributed by atoms with Gasteiger partial charge in [0, 0.05) is 50.2 Å². The second-order valence-electron chi connectivity index (χ2n) is 9.46. The van der Waals surface area contributed by atoms with Gasteiger partial charge in [0.05, 0.1) is 21.7 Å². The first-order valence-corrected chi connectivity index (χ1v) is 12.9. The fraction of sp³-hybridized carbons (Fsp3) is 0.444. The second-order valence-corrected chi connectivity index (χ2v) is 10.3. The van der Waals surface area contributed by atoms with Gasteiger partial charge in [0.15, 0.2) is 0 Å². The Labute approximate surface area is 217 Å². The number of benzene rings is 2. The zero-order chi connectivity index (χ0) is 24.9. The quantitative estimate of drug-likeness (QED) is 0.437. The number of amides is 1. The van der Waals surface area contributed by atoms with Gasteiger partial charge in [-0.3, -0.25) is 9.69 Å². The van der Waals surface area contributed by atoms with Crippen LogP contribution in [0.25, 0.3) is 5.57 Å². The van der Waals surface area contributed by atoms with Crippen LogP contribution in [0, 0.1) is 5.92 Å². The van der Waals surface area contributed by atoms with Gasteiger partial charge in [-0.2, -0.15) is 0 Å². The van der Waals surface area contributed by atoms with E-state index in [2.05, 4.69) is 4.90 Å². The van der Waals surface area contributed by atoms with Crippen LogP contribution in [-0.4, -0.2) is 61.1 Å². The largest absolute Gasteiger partial charge is 0.404 e. The molecule has 188 valence electrons. The van der Waals surface area contributed by atoms with Crippen molar-refractivity contribution < 1.29 is 9.53 Å². The van der Waals surface area contributed by atoms with Crippen LogP contribution in [0.3, 0.4) is 0 Å². The van der Waals surface area contributed by atoms with Gasteiger partial charge in [-0.05, 0) is 61.9 Å². The highest BCUT2D eigenvalue weighted by Crippen LogP contribution is 2.31. The predicted octanol–water partition coefficient (Wildman–Crippen LogP) is 4.45. The number of nitrogens with two attached hydrogens (primary N) is 2. The molecule has 0 spiro atoms. The molecule has 2 fully saturated rings. The van der Waals surface area contributed by atoms with E-state index in [1.807, 2.05) is 41.3 Å². The van der Waals surface area contributed by atoms with E-state index in [4.69, 9.17) is 39.4 Å². The van der Waals surface area contributed by atoms with Crippen LogP contribution in [0.4, 0.5) is 5.69 Å². The summed E-state index contributed by atoms with van der Waals surface area (Å²) >= 11 is 12.3. The summed E-state index contributed by atoms with van der Waals surface area (Å²) in [6.45, 7) is 3.33. The Bertz CT molecular complexity index is 1070. The molecule has 0 aliphatic carbocycles. The van der Waals surface area contributed by atoms with Crippen molar-refractivity contribution in [3.05, 3.63) is 69.8 Å². The van der Waals surface area contributed by atoms with Crippen molar-refractivity contribution >= 4 is 40.4 Å². The molecule has 8 heteroatoms. The Morgan fingerprint density at radius 2 is 1.83 bits per heavy atom. The number of halogens is 2. The summed E-state index contributed by atoms with van der Waals surface area (Å²) in [6.07, 6.45) is 5.38. The number of carbonyl (C=O) groups is 1. The SMILES string of the molecule is CO[C@@H]1CN(C2CCN(C(=O)/C(=C/N)c3ccccc3N)CC2)CCC1Cc1ccc(Cl)c(Cl)c1. The van der Waals surface area contributed by atoms with Crippen LogP contribution in [0.5, 0.6) is 0 Å². The number of nitrogen functional groups attached to an aromatic ring is 1. The van der Waals surface area contributed by atoms with E-state index in [1.165, 1.54) is 11.8 Å². The van der Waals surface area contributed by atoms with Crippen molar-refractivity contribution in [1.29, 1.82) is 0 Å². The normalized spacial score (nSPS) is 22.4. The fourth-order valence-electron chi connectivity index (χ4n) is 5.41. The van der Waals surface area contributed by atoms with Crippen LogP contribution in [-0.2, 0) is 16.0 Å². The molecule has 2 saturated heterocycles. The van der Waals surface area contributed by atoms with Gasteiger partial charge in [-0.1, -0.05) is 47.5 Å². The van der Waals surface area contributed by atoms with E-state index in [0.717, 1.165) is 38.8 Å². The molecule has 2 aliphatic heterocycles. The van der Waals surface area contributed by atoms with Crippen molar-refractivity contribution in [3.63, 3.8) is 0 Å². The Morgan fingerprint density at radius 3 is 2.49 bits per heavy atom. The van der Waals surface area contributed by atoms with E-state index >= 15 is 0 Å². The first-order valence-electron chi connectivity index (χ1n) is 12.2. The Balaban J connectivity index is 1.33. The number of methoxy groups -OCH3 is 1. The van der Waals surface area contributed by atoms with E-state index < -0.39 is 0 Å². The molecule has 2 aromatic rings. The number of nitrogens with zero attached hydrogens (tertiary/aromatic N) is 2. The van der Waals surface area contributed by atoms with E-state index in [1.54, 1.807) is 13.2 Å². The second kappa shape index (κ2) is 11.7. The minimum absolute atomic E-state index is 0.0565. The lowest BCUT2D eigenvalue weighted by Crippen LogP contribution is -2.53. The molecular weight excluding hydrogens is 483 g/mol. The summed E-state index contributed by atoms with van der Waals surface area (Å²) in [5.74, 6) is 0.377. The highest BCUT2D eigenvalue weighted by Gasteiger charge is 2.35. The van der Waals surface area contributed by atoms with Gasteiger partial charge in [-0.15, -0.1) is 0 Å². The molecule has 2 aromatic carbocycles. The van der Waals surface area contributed by atoms with E-state index in [9.17, 15) is 4.79 Å². The van der Waals surface area contributed by atoms with Crippen molar-refractivity contribution in [2.24, 2.45) is 11.7 Å². The van der Waals surface area contributed by atoms with Gasteiger partial charge in [0.2, 0.25) is 0 Å². The Hall–Kier alpha value is -2.25. The average Bonchev–Trinajstić information content (AvgIpc) is 2.88. The smallest absolute Gasteiger partial charge is 0.256 e. The molecule has 1 amide bonds. The van der Waals surface area contributed by atoms with Crippen molar-refractivity contribution in [1.82, 2.24) is 9.80 Å². The Morgan fingerprint density at radius 1 is 1.09 bits per heavy atom. The minimum atomic E-state index is -0.0565. The monoisotopic (exact) mass is 516 g/mol. The molecule has 4 N–H and O–H groups in total. The number of rotatable bonds is 6.